The summed E-state index contributed by atoms with van der Waals surface area (Å²) in [5.41, 5.74) is 4.16. The maximum Gasteiger partial charge on any atom is 0.237 e. The van der Waals surface area contributed by atoms with Crippen molar-refractivity contribution in [3.8, 4) is 28.6 Å². The largest absolute Gasteiger partial charge is 0.454 e. The third-order valence-electron chi connectivity index (χ3n) is 5.69. The number of aromatic nitrogens is 5. The van der Waals surface area contributed by atoms with E-state index in [1.165, 1.54) is 11.8 Å². The number of carbonyl (C=O) groups is 1. The average Bonchev–Trinajstić information content (AvgIpc) is 3.53. The van der Waals surface area contributed by atoms with Gasteiger partial charge in [-0.1, -0.05) is 30.0 Å². The van der Waals surface area contributed by atoms with Gasteiger partial charge in [0.2, 0.25) is 12.7 Å². The van der Waals surface area contributed by atoms with Gasteiger partial charge in [0.05, 0.1) is 22.3 Å². The molecule has 34 heavy (non-hydrogen) atoms. The Kier molecular flexibility index (Phi) is 5.74. The molecule has 4 aromatic rings. The molecule has 1 N–H and O–H groups in total. The Morgan fingerprint density at radius 3 is 2.59 bits per heavy atom. The van der Waals surface area contributed by atoms with Gasteiger partial charge in [0.1, 0.15) is 0 Å². The molecule has 0 unspecified atom stereocenters. The van der Waals surface area contributed by atoms with Crippen LogP contribution in [0.3, 0.4) is 0 Å². The Morgan fingerprint density at radius 1 is 1.09 bits per heavy atom. The monoisotopic (exact) mass is 476 g/mol. The zero-order valence-electron chi connectivity index (χ0n) is 19.3. The Balaban J connectivity index is 1.46. The van der Waals surface area contributed by atoms with E-state index in [9.17, 15) is 4.79 Å². The summed E-state index contributed by atoms with van der Waals surface area (Å²) >= 11 is 1.35. The number of thioether (sulfide) groups is 1. The van der Waals surface area contributed by atoms with Gasteiger partial charge in [-0.2, -0.15) is 5.10 Å². The number of aryl methyl sites for hydroxylation is 2. The molecular weight excluding hydrogens is 452 g/mol. The molecule has 174 valence electrons. The van der Waals surface area contributed by atoms with Crippen LogP contribution in [0.2, 0.25) is 0 Å². The van der Waals surface area contributed by atoms with E-state index < -0.39 is 5.25 Å². The molecular formula is C24H24N6O3S. The number of carbonyl (C=O) groups excluding carboxylic acids is 1. The molecule has 0 bridgehead atoms. The summed E-state index contributed by atoms with van der Waals surface area (Å²) < 4.78 is 14.7. The topological polar surface area (TPSA) is 96.1 Å². The molecule has 0 saturated carbocycles. The highest BCUT2D eigenvalue weighted by molar-refractivity contribution is 8.00. The molecule has 9 nitrogen and oxygen atoms in total. The number of para-hydroxylation sites is 1. The average molecular weight is 477 g/mol. The van der Waals surface area contributed by atoms with Crippen molar-refractivity contribution in [1.82, 2.24) is 24.5 Å². The smallest absolute Gasteiger partial charge is 0.237 e. The van der Waals surface area contributed by atoms with E-state index in [0.717, 1.165) is 28.3 Å². The first kappa shape index (κ1) is 22.0. The molecule has 0 spiro atoms. The second-order valence-electron chi connectivity index (χ2n) is 7.96. The van der Waals surface area contributed by atoms with Crippen LogP contribution in [0.25, 0.3) is 17.1 Å². The highest BCUT2D eigenvalue weighted by Gasteiger charge is 2.24. The van der Waals surface area contributed by atoms with Crippen LogP contribution in [0, 0.1) is 13.8 Å². The molecule has 2 aromatic carbocycles. The lowest BCUT2D eigenvalue weighted by atomic mass is 10.2. The van der Waals surface area contributed by atoms with Gasteiger partial charge >= 0.3 is 0 Å². The van der Waals surface area contributed by atoms with Crippen molar-refractivity contribution in [2.45, 2.75) is 31.2 Å². The molecule has 5 rings (SSSR count). The molecule has 1 aliphatic rings. The van der Waals surface area contributed by atoms with Crippen molar-refractivity contribution < 1.29 is 14.3 Å². The number of rotatable bonds is 6. The van der Waals surface area contributed by atoms with E-state index in [1.54, 1.807) is 4.68 Å². The highest BCUT2D eigenvalue weighted by Crippen LogP contribution is 2.37. The molecule has 0 saturated heterocycles. The van der Waals surface area contributed by atoms with Gasteiger partial charge in [-0.3, -0.25) is 14.0 Å². The lowest BCUT2D eigenvalue weighted by Crippen LogP contribution is -2.23. The van der Waals surface area contributed by atoms with E-state index in [4.69, 9.17) is 9.47 Å². The first-order valence-corrected chi connectivity index (χ1v) is 11.7. The van der Waals surface area contributed by atoms with Gasteiger partial charge < -0.3 is 14.8 Å². The van der Waals surface area contributed by atoms with Crippen molar-refractivity contribution in [2.24, 2.45) is 7.05 Å². The summed E-state index contributed by atoms with van der Waals surface area (Å²) in [6.07, 6.45) is 0. The molecule has 1 aliphatic heterocycles. The van der Waals surface area contributed by atoms with Crippen LogP contribution in [-0.4, -0.2) is 42.5 Å². The van der Waals surface area contributed by atoms with Gasteiger partial charge in [0, 0.05) is 18.3 Å². The molecule has 10 heteroatoms. The number of nitrogens with one attached hydrogen (secondary N) is 1. The molecule has 0 radical (unpaired) electrons. The van der Waals surface area contributed by atoms with Crippen molar-refractivity contribution in [1.29, 1.82) is 0 Å². The van der Waals surface area contributed by atoms with E-state index in [-0.39, 0.29) is 12.7 Å². The number of benzene rings is 2. The predicted molar refractivity (Wildman–Crippen MR) is 130 cm³/mol. The van der Waals surface area contributed by atoms with Crippen LogP contribution in [0.4, 0.5) is 5.69 Å². The second kappa shape index (κ2) is 8.86. The van der Waals surface area contributed by atoms with E-state index in [1.807, 2.05) is 80.9 Å². The fourth-order valence-corrected chi connectivity index (χ4v) is 4.64. The summed E-state index contributed by atoms with van der Waals surface area (Å²) in [6.45, 7) is 5.86. The highest BCUT2D eigenvalue weighted by atomic mass is 32.2. The third kappa shape index (κ3) is 4.01. The van der Waals surface area contributed by atoms with Crippen LogP contribution in [-0.2, 0) is 11.8 Å². The maximum absolute atomic E-state index is 13.0. The van der Waals surface area contributed by atoms with Crippen LogP contribution in [0.15, 0.2) is 53.7 Å². The Morgan fingerprint density at radius 2 is 1.85 bits per heavy atom. The number of hydrogen-bond acceptors (Lipinski definition) is 7. The lowest BCUT2D eigenvalue weighted by Gasteiger charge is -2.14. The lowest BCUT2D eigenvalue weighted by molar-refractivity contribution is -0.115. The summed E-state index contributed by atoms with van der Waals surface area (Å²) in [7, 11) is 1.86. The van der Waals surface area contributed by atoms with E-state index >= 15 is 0 Å². The molecule has 1 amide bonds. The zero-order chi connectivity index (χ0) is 23.8. The number of hydrogen-bond donors (Lipinski definition) is 1. The minimum atomic E-state index is -0.421. The molecule has 1 atom stereocenters. The van der Waals surface area contributed by atoms with Crippen LogP contribution in [0.1, 0.15) is 18.3 Å². The fourth-order valence-electron chi connectivity index (χ4n) is 3.77. The summed E-state index contributed by atoms with van der Waals surface area (Å²) in [5, 5.41) is 16.5. The van der Waals surface area contributed by atoms with Crippen molar-refractivity contribution in [3.05, 3.63) is 59.9 Å². The molecule has 0 aliphatic carbocycles. The minimum Gasteiger partial charge on any atom is -0.454 e. The predicted octanol–water partition coefficient (Wildman–Crippen LogP) is 4.13. The Labute approximate surface area is 201 Å². The number of fused-ring (bicyclic) bond motifs is 1. The molecule has 2 aromatic heterocycles. The van der Waals surface area contributed by atoms with Crippen LogP contribution < -0.4 is 14.8 Å². The van der Waals surface area contributed by atoms with Gasteiger partial charge in [0.15, 0.2) is 22.5 Å². The van der Waals surface area contributed by atoms with E-state index in [0.29, 0.717) is 22.5 Å². The standard InChI is InChI=1S/C24H24N6O3S/c1-14-21(15(2)29(4)28-14)25-23(31)16(3)34-24-27-26-22(30(24)18-8-6-5-7-9-18)17-10-11-19-20(12-17)33-13-32-19/h5-12,16H,13H2,1-4H3,(H,25,31)/t16-/m0/s1. The molecule has 0 fully saturated rings. The first-order chi connectivity index (χ1) is 16.4. The summed E-state index contributed by atoms with van der Waals surface area (Å²) in [5.74, 6) is 1.90. The number of ether oxygens (including phenoxy) is 2. The SMILES string of the molecule is Cc1nn(C)c(C)c1NC(=O)[C@H](C)Sc1nnc(-c2ccc3c(c2)OCO3)n1-c1ccccc1. The fraction of sp³-hybridized carbons (Fsp3) is 0.250. The zero-order valence-corrected chi connectivity index (χ0v) is 20.1. The van der Waals surface area contributed by atoms with Crippen molar-refractivity contribution >= 4 is 23.4 Å². The van der Waals surface area contributed by atoms with Gasteiger partial charge in [-0.15, -0.1) is 10.2 Å². The molecule has 3 heterocycles. The number of amides is 1. The van der Waals surface area contributed by atoms with E-state index in [2.05, 4.69) is 20.6 Å². The van der Waals surface area contributed by atoms with Crippen molar-refractivity contribution in [2.75, 3.05) is 12.1 Å². The number of anilines is 1. The van der Waals surface area contributed by atoms with Crippen molar-refractivity contribution in [3.63, 3.8) is 0 Å². The van der Waals surface area contributed by atoms with Crippen LogP contribution >= 0.6 is 11.8 Å². The minimum absolute atomic E-state index is 0.128. The maximum atomic E-state index is 13.0. The Hall–Kier alpha value is -3.79. The second-order valence-corrected chi connectivity index (χ2v) is 9.27. The summed E-state index contributed by atoms with van der Waals surface area (Å²) in [6, 6.07) is 15.5. The number of nitrogens with zero attached hydrogens (tertiary/aromatic N) is 5. The third-order valence-corrected chi connectivity index (χ3v) is 6.73. The Bertz CT molecular complexity index is 1360. The van der Waals surface area contributed by atoms with Gasteiger partial charge in [0.25, 0.3) is 0 Å². The quantitative estimate of drug-likeness (QED) is 0.418. The first-order valence-electron chi connectivity index (χ1n) is 10.8. The normalized spacial score (nSPS) is 13.2. The van der Waals surface area contributed by atoms with Crippen LogP contribution in [0.5, 0.6) is 11.5 Å². The van der Waals surface area contributed by atoms with Gasteiger partial charge in [-0.05, 0) is 51.1 Å². The van der Waals surface area contributed by atoms with Gasteiger partial charge in [-0.25, -0.2) is 0 Å². The summed E-state index contributed by atoms with van der Waals surface area (Å²) in [4.78, 5) is 13.0.